The van der Waals surface area contributed by atoms with Gasteiger partial charge in [0.1, 0.15) is 6.33 Å². The van der Waals surface area contributed by atoms with E-state index in [1.54, 1.807) is 6.33 Å². The van der Waals surface area contributed by atoms with Crippen LogP contribution in [-0.2, 0) is 0 Å². The van der Waals surface area contributed by atoms with Gasteiger partial charge in [0, 0.05) is 24.5 Å². The molecule has 0 aliphatic heterocycles. The van der Waals surface area contributed by atoms with E-state index in [0.717, 1.165) is 56.1 Å². The molecule has 1 aromatic heterocycles. The Morgan fingerprint density at radius 2 is 1.65 bits per heavy atom. The zero-order valence-electron chi connectivity index (χ0n) is 14.0. The van der Waals surface area contributed by atoms with E-state index in [1.165, 1.54) is 0 Å². The van der Waals surface area contributed by atoms with Crippen LogP contribution in [0, 0.1) is 0 Å². The molecule has 0 spiro atoms. The number of unbranched alkanes of at least 4 members (excludes halogenated alkanes) is 2. The molecule has 0 radical (unpaired) electrons. The predicted molar refractivity (Wildman–Crippen MR) is 96.0 cm³/mol. The lowest BCUT2D eigenvalue weighted by Gasteiger charge is -2.22. The van der Waals surface area contributed by atoms with E-state index in [2.05, 4.69) is 39.0 Å². The highest BCUT2D eigenvalue weighted by atomic mass is 15.3. The number of nitrogens with one attached hydrogen (secondary N) is 1. The third kappa shape index (κ3) is 5.39. The highest BCUT2D eigenvalue weighted by molar-refractivity contribution is 5.57. The van der Waals surface area contributed by atoms with Gasteiger partial charge in [-0.05, 0) is 37.1 Å². The summed E-state index contributed by atoms with van der Waals surface area (Å²) in [5.74, 6) is 1.29. The van der Waals surface area contributed by atoms with Gasteiger partial charge in [0.2, 0.25) is 11.9 Å². The first kappa shape index (κ1) is 17.0. The summed E-state index contributed by atoms with van der Waals surface area (Å²) < 4.78 is 0. The van der Waals surface area contributed by atoms with Crippen molar-refractivity contribution in [3.63, 3.8) is 0 Å². The number of benzene rings is 1. The maximum Gasteiger partial charge on any atom is 0.231 e. The van der Waals surface area contributed by atoms with Crippen LogP contribution >= 0.6 is 0 Å². The predicted octanol–water partition coefficient (Wildman–Crippen LogP) is 3.60. The number of hydrogen-bond donors (Lipinski definition) is 2. The molecule has 0 fully saturated rings. The van der Waals surface area contributed by atoms with E-state index in [1.807, 2.05) is 24.3 Å². The van der Waals surface area contributed by atoms with Crippen molar-refractivity contribution in [2.24, 2.45) is 0 Å². The van der Waals surface area contributed by atoms with Crippen molar-refractivity contribution in [1.82, 2.24) is 15.0 Å². The lowest BCUT2D eigenvalue weighted by Crippen LogP contribution is -2.27. The van der Waals surface area contributed by atoms with Gasteiger partial charge < -0.3 is 16.0 Å². The van der Waals surface area contributed by atoms with E-state index < -0.39 is 0 Å². The van der Waals surface area contributed by atoms with Crippen molar-refractivity contribution < 1.29 is 0 Å². The maximum atomic E-state index is 5.70. The van der Waals surface area contributed by atoms with Gasteiger partial charge in [-0.3, -0.25) is 0 Å². The highest BCUT2D eigenvalue weighted by Gasteiger charge is 2.10. The van der Waals surface area contributed by atoms with Gasteiger partial charge >= 0.3 is 0 Å². The molecule has 0 unspecified atom stereocenters. The van der Waals surface area contributed by atoms with Gasteiger partial charge in [-0.2, -0.15) is 4.98 Å². The Bertz CT molecular complexity index is 576. The third-order valence-corrected chi connectivity index (χ3v) is 3.57. The molecule has 0 amide bonds. The molecule has 0 aliphatic rings. The standard InChI is InChI=1S/C17H26N6/c1-3-5-11-23(12-6-4-2)17-20-13-19-16(22-17)21-15-9-7-14(18)8-10-15/h7-10,13H,3-6,11-12,18H2,1-2H3,(H,19,20,21,22). The van der Waals surface area contributed by atoms with Crippen LogP contribution in [0.25, 0.3) is 0 Å². The molecule has 0 aliphatic carbocycles. The number of nitrogen functional groups attached to an aromatic ring is 1. The molecule has 23 heavy (non-hydrogen) atoms. The van der Waals surface area contributed by atoms with Crippen molar-refractivity contribution in [3.8, 4) is 0 Å². The summed E-state index contributed by atoms with van der Waals surface area (Å²) in [7, 11) is 0. The molecule has 124 valence electrons. The van der Waals surface area contributed by atoms with Crippen LogP contribution in [-0.4, -0.2) is 28.0 Å². The summed E-state index contributed by atoms with van der Waals surface area (Å²) in [5.41, 5.74) is 7.34. The molecule has 0 saturated carbocycles. The van der Waals surface area contributed by atoms with Crippen molar-refractivity contribution in [3.05, 3.63) is 30.6 Å². The van der Waals surface area contributed by atoms with E-state index in [-0.39, 0.29) is 0 Å². The molecular formula is C17H26N6. The molecular weight excluding hydrogens is 288 g/mol. The molecule has 1 heterocycles. The van der Waals surface area contributed by atoms with Gasteiger partial charge in [0.15, 0.2) is 0 Å². The average molecular weight is 314 g/mol. The molecule has 1 aromatic carbocycles. The second kappa shape index (κ2) is 8.92. The van der Waals surface area contributed by atoms with E-state index >= 15 is 0 Å². The molecule has 6 nitrogen and oxygen atoms in total. The van der Waals surface area contributed by atoms with Crippen molar-refractivity contribution in [2.45, 2.75) is 39.5 Å². The first-order chi connectivity index (χ1) is 11.2. The molecule has 2 rings (SSSR count). The second-order valence-corrected chi connectivity index (χ2v) is 5.55. The lowest BCUT2D eigenvalue weighted by molar-refractivity contribution is 0.661. The van der Waals surface area contributed by atoms with Gasteiger partial charge in [-0.1, -0.05) is 26.7 Å². The largest absolute Gasteiger partial charge is 0.399 e. The van der Waals surface area contributed by atoms with Crippen LogP contribution in [0.5, 0.6) is 0 Å². The second-order valence-electron chi connectivity index (χ2n) is 5.55. The Labute approximate surface area is 138 Å². The minimum Gasteiger partial charge on any atom is -0.399 e. The topological polar surface area (TPSA) is 80.0 Å². The smallest absolute Gasteiger partial charge is 0.231 e. The van der Waals surface area contributed by atoms with Gasteiger partial charge in [0.25, 0.3) is 0 Å². The average Bonchev–Trinajstić information content (AvgIpc) is 2.57. The normalized spacial score (nSPS) is 10.5. The fourth-order valence-electron chi connectivity index (χ4n) is 2.21. The zero-order valence-corrected chi connectivity index (χ0v) is 14.0. The summed E-state index contributed by atoms with van der Waals surface area (Å²) >= 11 is 0. The van der Waals surface area contributed by atoms with E-state index in [4.69, 9.17) is 5.73 Å². The monoisotopic (exact) mass is 314 g/mol. The van der Waals surface area contributed by atoms with Gasteiger partial charge in [-0.25, -0.2) is 9.97 Å². The van der Waals surface area contributed by atoms with Crippen LogP contribution < -0.4 is 16.0 Å². The van der Waals surface area contributed by atoms with E-state index in [9.17, 15) is 0 Å². The minimum atomic E-state index is 0.553. The van der Waals surface area contributed by atoms with Crippen LogP contribution in [0.4, 0.5) is 23.3 Å². The Morgan fingerprint density at radius 1 is 1.00 bits per heavy atom. The Balaban J connectivity index is 2.10. The fourth-order valence-corrected chi connectivity index (χ4v) is 2.21. The summed E-state index contributed by atoms with van der Waals surface area (Å²) in [4.78, 5) is 15.4. The molecule has 6 heteroatoms. The number of anilines is 4. The van der Waals surface area contributed by atoms with Crippen LogP contribution in [0.3, 0.4) is 0 Å². The van der Waals surface area contributed by atoms with Gasteiger partial charge in [-0.15, -0.1) is 0 Å². The maximum absolute atomic E-state index is 5.70. The number of nitrogens with zero attached hydrogens (tertiary/aromatic N) is 4. The van der Waals surface area contributed by atoms with Crippen LogP contribution in [0.1, 0.15) is 39.5 Å². The molecule has 3 N–H and O–H groups in total. The van der Waals surface area contributed by atoms with Crippen LogP contribution in [0.2, 0.25) is 0 Å². The lowest BCUT2D eigenvalue weighted by atomic mass is 10.3. The SMILES string of the molecule is CCCCN(CCCC)c1ncnc(Nc2ccc(N)cc2)n1. The number of rotatable bonds is 9. The molecule has 2 aromatic rings. The number of hydrogen-bond acceptors (Lipinski definition) is 6. The minimum absolute atomic E-state index is 0.553. The summed E-state index contributed by atoms with van der Waals surface area (Å²) in [6.07, 6.45) is 6.15. The van der Waals surface area contributed by atoms with E-state index in [0.29, 0.717) is 5.95 Å². The van der Waals surface area contributed by atoms with Crippen molar-refractivity contribution in [2.75, 3.05) is 29.0 Å². The highest BCUT2D eigenvalue weighted by Crippen LogP contribution is 2.16. The molecule has 0 bridgehead atoms. The third-order valence-electron chi connectivity index (χ3n) is 3.57. The van der Waals surface area contributed by atoms with Crippen LogP contribution in [0.15, 0.2) is 30.6 Å². The summed E-state index contributed by atoms with van der Waals surface area (Å²) in [6, 6.07) is 7.51. The molecule has 0 saturated heterocycles. The number of aromatic nitrogens is 3. The first-order valence-corrected chi connectivity index (χ1v) is 8.29. The van der Waals surface area contributed by atoms with Crippen molar-refractivity contribution >= 4 is 23.3 Å². The Morgan fingerprint density at radius 3 is 2.26 bits per heavy atom. The fraction of sp³-hybridized carbons (Fsp3) is 0.471. The summed E-state index contributed by atoms with van der Waals surface area (Å²) in [6.45, 7) is 6.34. The van der Waals surface area contributed by atoms with Gasteiger partial charge in [0.05, 0.1) is 0 Å². The molecule has 0 atom stereocenters. The quantitative estimate of drug-likeness (QED) is 0.688. The zero-order chi connectivity index (χ0) is 16.5. The van der Waals surface area contributed by atoms with Crippen molar-refractivity contribution in [1.29, 1.82) is 0 Å². The number of nitrogens with two attached hydrogens (primary N) is 1. The summed E-state index contributed by atoms with van der Waals surface area (Å²) in [5, 5.41) is 3.19. The Hall–Kier alpha value is -2.37. The first-order valence-electron chi connectivity index (χ1n) is 8.29. The Kier molecular flexibility index (Phi) is 6.59.